The first-order valence-electron chi connectivity index (χ1n) is 7.00. The van der Waals surface area contributed by atoms with Gasteiger partial charge in [-0.25, -0.2) is 4.79 Å². The fourth-order valence-electron chi connectivity index (χ4n) is 2.87. The normalized spacial score (nSPS) is 19.9. The minimum absolute atomic E-state index is 0.0986. The first-order valence-corrected chi connectivity index (χ1v) is 7.00. The monoisotopic (exact) mass is 265 g/mol. The fourth-order valence-corrected chi connectivity index (χ4v) is 2.87. The van der Waals surface area contributed by atoms with Gasteiger partial charge in [-0.05, 0) is 38.8 Å². The highest BCUT2D eigenvalue weighted by atomic mass is 16.5. The van der Waals surface area contributed by atoms with E-state index in [4.69, 9.17) is 4.42 Å². The lowest BCUT2D eigenvalue weighted by Crippen LogP contribution is -2.44. The molecule has 0 bridgehead atoms. The molecule has 0 spiro atoms. The zero-order valence-corrected chi connectivity index (χ0v) is 12.0. The van der Waals surface area contributed by atoms with Crippen molar-refractivity contribution in [2.75, 3.05) is 7.11 Å². The Morgan fingerprint density at radius 2 is 2.05 bits per heavy atom. The molecule has 0 amide bonds. The maximum absolute atomic E-state index is 11.4. The lowest BCUT2D eigenvalue weighted by molar-refractivity contribution is 0.0561. The van der Waals surface area contributed by atoms with Gasteiger partial charge in [0.05, 0.1) is 13.2 Å². The van der Waals surface area contributed by atoms with Gasteiger partial charge in [-0.15, -0.1) is 0 Å². The van der Waals surface area contributed by atoms with E-state index < -0.39 is 5.97 Å². The van der Waals surface area contributed by atoms with Crippen molar-refractivity contribution in [2.45, 2.75) is 57.5 Å². The molecule has 1 N–H and O–H groups in total. The number of furan rings is 1. The van der Waals surface area contributed by atoms with Crippen LogP contribution in [0.25, 0.3) is 0 Å². The second-order valence-electron chi connectivity index (χ2n) is 5.68. The number of hydrogen-bond donors (Lipinski definition) is 1. The summed E-state index contributed by atoms with van der Waals surface area (Å²) in [6.45, 7) is 4.34. The van der Waals surface area contributed by atoms with E-state index in [0.29, 0.717) is 0 Å². The third-order valence-electron chi connectivity index (χ3n) is 3.96. The number of ether oxygens (including phenoxy) is 1. The van der Waals surface area contributed by atoms with Crippen LogP contribution in [-0.2, 0) is 4.74 Å². The van der Waals surface area contributed by atoms with Crippen molar-refractivity contribution in [3.63, 3.8) is 0 Å². The Hall–Kier alpha value is -1.29. The van der Waals surface area contributed by atoms with E-state index in [-0.39, 0.29) is 17.3 Å². The minimum atomic E-state index is -0.428. The number of methoxy groups -OCH3 is 1. The van der Waals surface area contributed by atoms with Crippen LogP contribution in [0.4, 0.5) is 0 Å². The molecule has 2 rings (SSSR count). The van der Waals surface area contributed by atoms with Crippen molar-refractivity contribution >= 4 is 5.97 Å². The predicted molar refractivity (Wildman–Crippen MR) is 73.1 cm³/mol. The van der Waals surface area contributed by atoms with E-state index in [2.05, 4.69) is 23.9 Å². The lowest BCUT2D eigenvalue weighted by atomic mass is 9.83. The first kappa shape index (κ1) is 14.1. The molecule has 0 radical (unpaired) electrons. The smallest absolute Gasteiger partial charge is 0.373 e. The molecule has 1 atom stereocenters. The molecule has 1 heterocycles. The van der Waals surface area contributed by atoms with Gasteiger partial charge in [0, 0.05) is 5.54 Å². The van der Waals surface area contributed by atoms with Crippen LogP contribution in [-0.4, -0.2) is 18.6 Å². The van der Waals surface area contributed by atoms with Gasteiger partial charge in [0.2, 0.25) is 5.76 Å². The van der Waals surface area contributed by atoms with Crippen molar-refractivity contribution in [2.24, 2.45) is 0 Å². The molecule has 1 fully saturated rings. The Morgan fingerprint density at radius 1 is 1.37 bits per heavy atom. The van der Waals surface area contributed by atoms with Crippen molar-refractivity contribution in [1.82, 2.24) is 5.32 Å². The number of carbonyl (C=O) groups excluding carboxylic acids is 1. The van der Waals surface area contributed by atoms with E-state index in [9.17, 15) is 4.79 Å². The predicted octanol–water partition coefficient (Wildman–Crippen LogP) is 3.44. The Kier molecular flexibility index (Phi) is 4.30. The highest BCUT2D eigenvalue weighted by Gasteiger charge is 2.29. The average Bonchev–Trinajstić information content (AvgIpc) is 2.88. The summed E-state index contributed by atoms with van der Waals surface area (Å²) in [5, 5.41) is 3.64. The Morgan fingerprint density at radius 3 is 2.68 bits per heavy atom. The topological polar surface area (TPSA) is 51.5 Å². The van der Waals surface area contributed by atoms with E-state index in [1.807, 2.05) is 6.07 Å². The molecular formula is C15H23NO3. The summed E-state index contributed by atoms with van der Waals surface area (Å²) in [7, 11) is 1.36. The van der Waals surface area contributed by atoms with Gasteiger partial charge < -0.3 is 14.5 Å². The second kappa shape index (κ2) is 5.78. The molecule has 4 nitrogen and oxygen atoms in total. The maximum Gasteiger partial charge on any atom is 0.373 e. The maximum atomic E-state index is 11.4. The Labute approximate surface area is 114 Å². The van der Waals surface area contributed by atoms with Crippen LogP contribution in [0.2, 0.25) is 0 Å². The first-order chi connectivity index (χ1) is 9.04. The summed E-state index contributed by atoms with van der Waals surface area (Å²) < 4.78 is 10.2. The van der Waals surface area contributed by atoms with Crippen LogP contribution in [0.1, 0.15) is 68.3 Å². The highest BCUT2D eigenvalue weighted by molar-refractivity contribution is 5.86. The molecule has 0 saturated heterocycles. The fraction of sp³-hybridized carbons (Fsp3) is 0.667. The molecule has 106 valence electrons. The standard InChI is InChI=1S/C15H23NO3/c1-11(16-15(2)9-5-4-6-10-15)12-7-8-13(19-12)14(17)18-3/h7-8,11,16H,4-6,9-10H2,1-3H3. The zero-order chi connectivity index (χ0) is 13.9. The molecule has 1 aliphatic rings. The van der Waals surface area contributed by atoms with Crippen LogP contribution < -0.4 is 5.32 Å². The molecule has 1 aliphatic carbocycles. The number of esters is 1. The molecule has 1 unspecified atom stereocenters. The molecular weight excluding hydrogens is 242 g/mol. The Bertz CT molecular complexity index is 432. The lowest BCUT2D eigenvalue weighted by Gasteiger charge is -2.36. The van der Waals surface area contributed by atoms with Crippen LogP contribution >= 0.6 is 0 Å². The van der Waals surface area contributed by atoms with Gasteiger partial charge in [-0.1, -0.05) is 19.3 Å². The van der Waals surface area contributed by atoms with E-state index in [1.165, 1.54) is 39.2 Å². The summed E-state index contributed by atoms with van der Waals surface area (Å²) in [6.07, 6.45) is 6.28. The van der Waals surface area contributed by atoms with E-state index in [0.717, 1.165) is 5.76 Å². The zero-order valence-electron chi connectivity index (χ0n) is 12.0. The summed E-state index contributed by atoms with van der Waals surface area (Å²) in [5.41, 5.74) is 0.176. The van der Waals surface area contributed by atoms with Gasteiger partial charge in [-0.3, -0.25) is 0 Å². The van der Waals surface area contributed by atoms with E-state index in [1.54, 1.807) is 6.07 Å². The number of rotatable bonds is 4. The van der Waals surface area contributed by atoms with Crippen molar-refractivity contribution in [1.29, 1.82) is 0 Å². The van der Waals surface area contributed by atoms with Crippen molar-refractivity contribution in [3.05, 3.63) is 23.7 Å². The molecule has 0 aromatic carbocycles. The Balaban J connectivity index is 2.01. The van der Waals surface area contributed by atoms with Crippen LogP contribution in [0.15, 0.2) is 16.5 Å². The minimum Gasteiger partial charge on any atom is -0.463 e. The molecule has 1 aromatic rings. The van der Waals surface area contributed by atoms with Crippen molar-refractivity contribution in [3.8, 4) is 0 Å². The van der Waals surface area contributed by atoms with Gasteiger partial charge in [0.1, 0.15) is 5.76 Å². The van der Waals surface area contributed by atoms with Crippen LogP contribution in [0.3, 0.4) is 0 Å². The average molecular weight is 265 g/mol. The summed E-state index contributed by atoms with van der Waals surface area (Å²) in [5.74, 6) is 0.620. The van der Waals surface area contributed by atoms with Gasteiger partial charge in [-0.2, -0.15) is 0 Å². The molecule has 0 aliphatic heterocycles. The van der Waals surface area contributed by atoms with E-state index >= 15 is 0 Å². The quantitative estimate of drug-likeness (QED) is 0.847. The molecule has 1 aromatic heterocycles. The largest absolute Gasteiger partial charge is 0.463 e. The second-order valence-corrected chi connectivity index (χ2v) is 5.68. The third kappa shape index (κ3) is 3.38. The van der Waals surface area contributed by atoms with Crippen LogP contribution in [0.5, 0.6) is 0 Å². The SMILES string of the molecule is COC(=O)c1ccc(C(C)NC2(C)CCCCC2)o1. The van der Waals surface area contributed by atoms with Gasteiger partial charge in [0.25, 0.3) is 0 Å². The van der Waals surface area contributed by atoms with Crippen molar-refractivity contribution < 1.29 is 13.9 Å². The number of carbonyl (C=O) groups is 1. The summed E-state index contributed by atoms with van der Waals surface area (Å²) in [6, 6.07) is 3.61. The highest BCUT2D eigenvalue weighted by Crippen LogP contribution is 2.30. The van der Waals surface area contributed by atoms with Gasteiger partial charge >= 0.3 is 5.97 Å². The van der Waals surface area contributed by atoms with Gasteiger partial charge in [0.15, 0.2) is 0 Å². The molecule has 4 heteroatoms. The summed E-state index contributed by atoms with van der Waals surface area (Å²) in [4.78, 5) is 11.4. The number of hydrogen-bond acceptors (Lipinski definition) is 4. The van der Waals surface area contributed by atoms with Crippen LogP contribution in [0, 0.1) is 0 Å². The third-order valence-corrected chi connectivity index (χ3v) is 3.96. The summed E-state index contributed by atoms with van der Waals surface area (Å²) >= 11 is 0. The molecule has 1 saturated carbocycles. The molecule has 19 heavy (non-hydrogen) atoms. The number of nitrogens with one attached hydrogen (secondary N) is 1.